The summed E-state index contributed by atoms with van der Waals surface area (Å²) >= 11 is 1.56. The number of fused-ring (bicyclic) bond motifs is 1. The molecule has 5 rings (SSSR count). The predicted octanol–water partition coefficient (Wildman–Crippen LogP) is 5.49. The van der Waals surface area contributed by atoms with Crippen LogP contribution in [0.5, 0.6) is 0 Å². The summed E-state index contributed by atoms with van der Waals surface area (Å²) in [5.74, 6) is -0.0306. The van der Waals surface area contributed by atoms with Crippen LogP contribution >= 0.6 is 11.3 Å². The first-order valence-corrected chi connectivity index (χ1v) is 16.2. The van der Waals surface area contributed by atoms with Crippen LogP contribution in [-0.4, -0.2) is 45.8 Å². The lowest BCUT2D eigenvalue weighted by Crippen LogP contribution is -2.31. The molecule has 10 heteroatoms. The molecule has 0 radical (unpaired) electrons. The number of pyridine rings is 1. The second-order valence-electron chi connectivity index (χ2n) is 9.17. The van der Waals surface area contributed by atoms with Gasteiger partial charge in [0.25, 0.3) is 10.0 Å². The van der Waals surface area contributed by atoms with E-state index in [2.05, 4.69) is 4.98 Å². The predicted molar refractivity (Wildman–Crippen MR) is 152 cm³/mol. The average molecular weight is 568 g/mol. The number of rotatable bonds is 8. The fraction of sp³-hybridized carbons (Fsp3) is 0.250. The van der Waals surface area contributed by atoms with Crippen molar-refractivity contribution in [3.05, 3.63) is 94.3 Å². The normalized spacial score (nSPS) is 15.7. The van der Waals surface area contributed by atoms with Gasteiger partial charge in [0.15, 0.2) is 0 Å². The Balaban J connectivity index is 1.68. The van der Waals surface area contributed by atoms with E-state index in [1.807, 2.05) is 49.7 Å². The topological polar surface area (TPSA) is 87.7 Å². The second-order valence-corrected chi connectivity index (χ2v) is 13.8. The average Bonchev–Trinajstić information content (AvgIpc) is 3.58. The molecule has 2 aromatic heterocycles. The molecule has 0 bridgehead atoms. The molecule has 3 heterocycles. The van der Waals surface area contributed by atoms with Gasteiger partial charge in [0.05, 0.1) is 9.79 Å². The van der Waals surface area contributed by atoms with Crippen LogP contribution in [0.3, 0.4) is 0 Å². The molecule has 0 spiro atoms. The monoisotopic (exact) mass is 567 g/mol. The van der Waals surface area contributed by atoms with Crippen LogP contribution in [0.15, 0.2) is 87.4 Å². The lowest BCUT2D eigenvalue weighted by Gasteiger charge is -2.21. The summed E-state index contributed by atoms with van der Waals surface area (Å²) < 4.78 is 57.1. The van der Waals surface area contributed by atoms with E-state index in [0.717, 1.165) is 27.8 Å². The van der Waals surface area contributed by atoms with Gasteiger partial charge in [-0.1, -0.05) is 43.7 Å². The zero-order chi connectivity index (χ0) is 27.1. The van der Waals surface area contributed by atoms with Crippen LogP contribution in [0, 0.1) is 6.92 Å². The van der Waals surface area contributed by atoms with Crippen molar-refractivity contribution < 1.29 is 16.8 Å². The minimum Gasteiger partial charge on any atom is -0.249 e. The van der Waals surface area contributed by atoms with Gasteiger partial charge in [0, 0.05) is 37.3 Å². The maximum atomic E-state index is 13.9. The first kappa shape index (κ1) is 26.6. The molecule has 1 aliphatic rings. The van der Waals surface area contributed by atoms with Crippen molar-refractivity contribution in [2.24, 2.45) is 0 Å². The molecular formula is C28H29N3O4S3. The van der Waals surface area contributed by atoms with E-state index in [-0.39, 0.29) is 16.3 Å². The van der Waals surface area contributed by atoms with Crippen molar-refractivity contribution in [3.8, 4) is 11.1 Å². The number of aryl methyl sites for hydroxylation is 1. The van der Waals surface area contributed by atoms with Crippen LogP contribution in [0.1, 0.15) is 36.5 Å². The van der Waals surface area contributed by atoms with E-state index in [1.165, 1.54) is 8.61 Å². The zero-order valence-corrected chi connectivity index (χ0v) is 23.9. The maximum absolute atomic E-state index is 13.9. The van der Waals surface area contributed by atoms with Gasteiger partial charge in [0.1, 0.15) is 5.82 Å². The quantitative estimate of drug-likeness (QED) is 0.281. The minimum atomic E-state index is -3.91. The van der Waals surface area contributed by atoms with Crippen LogP contribution in [0.2, 0.25) is 0 Å². The van der Waals surface area contributed by atoms with E-state index in [9.17, 15) is 16.8 Å². The number of benzene rings is 2. The lowest BCUT2D eigenvalue weighted by molar-refractivity contribution is 0.445. The third-order valence-electron chi connectivity index (χ3n) is 6.95. The molecule has 1 unspecified atom stereocenters. The molecular weight excluding hydrogens is 539 g/mol. The van der Waals surface area contributed by atoms with Gasteiger partial charge in [-0.15, -0.1) is 0 Å². The Kier molecular flexibility index (Phi) is 7.17. The molecule has 198 valence electrons. The Hall–Kier alpha value is -3.05. The summed E-state index contributed by atoms with van der Waals surface area (Å²) in [6.07, 6.45) is 1.63. The maximum Gasteiger partial charge on any atom is 0.265 e. The van der Waals surface area contributed by atoms with Gasteiger partial charge in [-0.25, -0.2) is 26.1 Å². The summed E-state index contributed by atoms with van der Waals surface area (Å²) in [5.41, 5.74) is 4.33. The first-order chi connectivity index (χ1) is 18.2. The molecule has 0 fully saturated rings. The SMILES string of the molecule is CCN(CC)S(=O)(=O)c1cccc(C2CN(S(=O)(=O)c3ccc(C)cc3)c3nccc(-c4ccsc4)c32)c1. The van der Waals surface area contributed by atoms with Gasteiger partial charge in [0.2, 0.25) is 10.0 Å². The van der Waals surface area contributed by atoms with Crippen molar-refractivity contribution >= 4 is 37.2 Å². The smallest absolute Gasteiger partial charge is 0.249 e. The van der Waals surface area contributed by atoms with Crippen LogP contribution in [-0.2, 0) is 20.0 Å². The molecule has 7 nitrogen and oxygen atoms in total. The Labute approximate surface area is 228 Å². The number of hydrogen-bond donors (Lipinski definition) is 0. The van der Waals surface area contributed by atoms with E-state index in [4.69, 9.17) is 0 Å². The molecule has 0 N–H and O–H groups in total. The van der Waals surface area contributed by atoms with Gasteiger partial charge in [-0.3, -0.25) is 0 Å². The van der Waals surface area contributed by atoms with E-state index in [1.54, 1.807) is 60.0 Å². The van der Waals surface area contributed by atoms with Crippen molar-refractivity contribution in [1.29, 1.82) is 0 Å². The lowest BCUT2D eigenvalue weighted by atomic mass is 9.89. The summed E-state index contributed by atoms with van der Waals surface area (Å²) in [7, 11) is -7.59. The fourth-order valence-electron chi connectivity index (χ4n) is 4.94. The number of hydrogen-bond acceptors (Lipinski definition) is 6. The van der Waals surface area contributed by atoms with E-state index in [0.29, 0.717) is 18.9 Å². The van der Waals surface area contributed by atoms with Gasteiger partial charge in [-0.2, -0.15) is 15.6 Å². The van der Waals surface area contributed by atoms with Crippen molar-refractivity contribution in [1.82, 2.24) is 9.29 Å². The highest BCUT2D eigenvalue weighted by atomic mass is 32.2. The number of thiophene rings is 1. The second kappa shape index (κ2) is 10.3. The number of sulfonamides is 2. The zero-order valence-electron chi connectivity index (χ0n) is 21.4. The molecule has 0 saturated carbocycles. The molecule has 0 amide bonds. The van der Waals surface area contributed by atoms with Crippen molar-refractivity contribution in [2.75, 3.05) is 23.9 Å². The molecule has 0 aliphatic carbocycles. The summed E-state index contributed by atoms with van der Waals surface area (Å²) in [5, 5.41) is 4.00. The largest absolute Gasteiger partial charge is 0.265 e. The molecule has 2 aromatic carbocycles. The number of anilines is 1. The number of aromatic nitrogens is 1. The Morgan fingerprint density at radius 3 is 2.37 bits per heavy atom. The van der Waals surface area contributed by atoms with Crippen molar-refractivity contribution in [3.63, 3.8) is 0 Å². The molecule has 1 atom stereocenters. The van der Waals surface area contributed by atoms with Crippen LogP contribution < -0.4 is 4.31 Å². The van der Waals surface area contributed by atoms with E-state index >= 15 is 0 Å². The number of nitrogens with zero attached hydrogens (tertiary/aromatic N) is 3. The first-order valence-electron chi connectivity index (χ1n) is 12.4. The fourth-order valence-corrected chi connectivity index (χ4v) is 8.57. The molecule has 0 saturated heterocycles. The van der Waals surface area contributed by atoms with Gasteiger partial charge in [-0.05, 0) is 70.8 Å². The third kappa shape index (κ3) is 4.55. The molecule has 38 heavy (non-hydrogen) atoms. The highest BCUT2D eigenvalue weighted by Gasteiger charge is 2.40. The van der Waals surface area contributed by atoms with Crippen LogP contribution in [0.4, 0.5) is 5.82 Å². The standard InChI is InChI=1S/C28H29N3O4S3/c1-4-30(5-2)37(32,33)24-8-6-7-21(17-24)26-18-31(38(34,35)23-11-9-20(3)10-12-23)28-27(26)25(13-15-29-28)22-14-16-36-19-22/h6-17,19,26H,4-5,18H2,1-3H3. The summed E-state index contributed by atoms with van der Waals surface area (Å²) in [6, 6.07) is 17.5. The van der Waals surface area contributed by atoms with Gasteiger partial charge < -0.3 is 0 Å². The summed E-state index contributed by atoms with van der Waals surface area (Å²) in [6.45, 7) is 6.38. The molecule has 1 aliphatic heterocycles. The van der Waals surface area contributed by atoms with Gasteiger partial charge >= 0.3 is 0 Å². The Morgan fingerprint density at radius 1 is 0.974 bits per heavy atom. The Morgan fingerprint density at radius 2 is 1.71 bits per heavy atom. The van der Waals surface area contributed by atoms with Crippen LogP contribution in [0.25, 0.3) is 11.1 Å². The minimum absolute atomic E-state index is 0.120. The highest BCUT2D eigenvalue weighted by molar-refractivity contribution is 7.92. The molecule has 4 aromatic rings. The summed E-state index contributed by atoms with van der Waals surface area (Å²) in [4.78, 5) is 4.93. The van der Waals surface area contributed by atoms with Crippen molar-refractivity contribution in [2.45, 2.75) is 36.5 Å². The Bertz CT molecular complexity index is 1660. The highest BCUT2D eigenvalue weighted by Crippen LogP contribution is 2.46. The third-order valence-corrected chi connectivity index (χ3v) is 11.4. The van der Waals surface area contributed by atoms with E-state index < -0.39 is 26.0 Å².